The van der Waals surface area contributed by atoms with E-state index in [1.165, 1.54) is 11.3 Å². The molecule has 0 atom stereocenters. The number of benzene rings is 1. The van der Waals surface area contributed by atoms with Gasteiger partial charge in [0.05, 0.1) is 26.1 Å². The van der Waals surface area contributed by atoms with Crippen LogP contribution in [0, 0.1) is 13.8 Å². The fraction of sp³-hybridized carbons (Fsp3) is 0.435. The van der Waals surface area contributed by atoms with Gasteiger partial charge >= 0.3 is 0 Å². The van der Waals surface area contributed by atoms with Crippen molar-refractivity contribution in [1.29, 1.82) is 0 Å². The molecule has 0 bridgehead atoms. The van der Waals surface area contributed by atoms with Gasteiger partial charge in [-0.05, 0) is 37.6 Å². The molecule has 0 radical (unpaired) electrons. The van der Waals surface area contributed by atoms with Crippen molar-refractivity contribution < 1.29 is 14.3 Å². The number of amides is 1. The number of nitrogens with zero attached hydrogens (tertiary/aromatic N) is 5. The molecule has 0 aliphatic carbocycles. The van der Waals surface area contributed by atoms with E-state index in [4.69, 9.17) is 9.47 Å². The number of rotatable bonds is 6. The molecule has 0 unspecified atom stereocenters. The molecule has 0 spiro atoms. The SMILES string of the molecule is COCCn1c(C)c(C)c2cc(C(=O)N3CCN(c4cncc(OC)n4)CC3)ccc21. The summed E-state index contributed by atoms with van der Waals surface area (Å²) < 4.78 is 12.7. The van der Waals surface area contributed by atoms with Crippen molar-refractivity contribution in [3.63, 3.8) is 0 Å². The van der Waals surface area contributed by atoms with Gasteiger partial charge in [0, 0.05) is 62.0 Å². The number of hydrogen-bond acceptors (Lipinski definition) is 6. The number of piperazine rings is 1. The van der Waals surface area contributed by atoms with E-state index in [0.29, 0.717) is 38.7 Å². The summed E-state index contributed by atoms with van der Waals surface area (Å²) in [5, 5.41) is 1.13. The van der Waals surface area contributed by atoms with Crippen LogP contribution >= 0.6 is 0 Å². The largest absolute Gasteiger partial charge is 0.480 e. The highest BCUT2D eigenvalue weighted by atomic mass is 16.5. The third kappa shape index (κ3) is 4.07. The van der Waals surface area contributed by atoms with Gasteiger partial charge in [0.2, 0.25) is 5.88 Å². The highest BCUT2D eigenvalue weighted by Crippen LogP contribution is 2.27. The molecule has 0 saturated carbocycles. The number of carbonyl (C=O) groups excluding carboxylic acids is 1. The number of aromatic nitrogens is 3. The monoisotopic (exact) mass is 423 g/mol. The van der Waals surface area contributed by atoms with E-state index < -0.39 is 0 Å². The number of methoxy groups -OCH3 is 2. The third-order valence-electron chi connectivity index (χ3n) is 6.10. The van der Waals surface area contributed by atoms with Crippen LogP contribution in [-0.2, 0) is 11.3 Å². The topological polar surface area (TPSA) is 72.7 Å². The van der Waals surface area contributed by atoms with Crippen molar-refractivity contribution in [3.8, 4) is 5.88 Å². The molecule has 31 heavy (non-hydrogen) atoms. The lowest BCUT2D eigenvalue weighted by atomic mass is 10.1. The Morgan fingerprint density at radius 2 is 1.87 bits per heavy atom. The molecule has 1 aliphatic rings. The van der Waals surface area contributed by atoms with Crippen molar-refractivity contribution in [2.75, 3.05) is 51.9 Å². The minimum absolute atomic E-state index is 0.0694. The molecule has 3 heterocycles. The molecule has 8 nitrogen and oxygen atoms in total. The summed E-state index contributed by atoms with van der Waals surface area (Å²) in [6.07, 6.45) is 3.32. The van der Waals surface area contributed by atoms with E-state index in [1.807, 2.05) is 17.0 Å². The van der Waals surface area contributed by atoms with E-state index in [9.17, 15) is 4.79 Å². The molecular weight excluding hydrogens is 394 g/mol. The average Bonchev–Trinajstić information content (AvgIpc) is 3.06. The van der Waals surface area contributed by atoms with E-state index >= 15 is 0 Å². The number of fused-ring (bicyclic) bond motifs is 1. The minimum atomic E-state index is 0.0694. The molecular formula is C23H29N5O3. The van der Waals surface area contributed by atoms with Crippen molar-refractivity contribution in [2.45, 2.75) is 20.4 Å². The zero-order chi connectivity index (χ0) is 22.0. The molecule has 164 valence electrons. The minimum Gasteiger partial charge on any atom is -0.480 e. The van der Waals surface area contributed by atoms with Crippen LogP contribution < -0.4 is 9.64 Å². The number of carbonyl (C=O) groups is 1. The van der Waals surface area contributed by atoms with Crippen LogP contribution in [0.5, 0.6) is 5.88 Å². The second-order valence-electron chi connectivity index (χ2n) is 7.79. The van der Waals surface area contributed by atoms with Gasteiger partial charge in [-0.1, -0.05) is 0 Å². The molecule has 8 heteroatoms. The summed E-state index contributed by atoms with van der Waals surface area (Å²) >= 11 is 0. The summed E-state index contributed by atoms with van der Waals surface area (Å²) in [6, 6.07) is 6.02. The first-order valence-electron chi connectivity index (χ1n) is 10.5. The van der Waals surface area contributed by atoms with Gasteiger partial charge in [-0.2, -0.15) is 4.98 Å². The van der Waals surface area contributed by atoms with Crippen LogP contribution in [0.15, 0.2) is 30.6 Å². The molecule has 3 aromatic rings. The smallest absolute Gasteiger partial charge is 0.253 e. The van der Waals surface area contributed by atoms with Gasteiger partial charge in [0.15, 0.2) is 5.82 Å². The summed E-state index contributed by atoms with van der Waals surface area (Å²) in [5.74, 6) is 1.34. The van der Waals surface area contributed by atoms with Crippen molar-refractivity contribution in [3.05, 3.63) is 47.4 Å². The Morgan fingerprint density at radius 3 is 2.58 bits per heavy atom. The quantitative estimate of drug-likeness (QED) is 0.607. The summed E-state index contributed by atoms with van der Waals surface area (Å²) in [5.41, 5.74) is 4.30. The summed E-state index contributed by atoms with van der Waals surface area (Å²) in [7, 11) is 3.29. The predicted molar refractivity (Wildman–Crippen MR) is 120 cm³/mol. The average molecular weight is 424 g/mol. The second kappa shape index (κ2) is 8.93. The van der Waals surface area contributed by atoms with Crippen LogP contribution in [0.1, 0.15) is 21.6 Å². The number of aryl methyl sites for hydroxylation is 1. The molecule has 1 aromatic carbocycles. The molecule has 1 saturated heterocycles. The normalized spacial score (nSPS) is 14.3. The Hall–Kier alpha value is -3.13. The number of hydrogen-bond donors (Lipinski definition) is 0. The van der Waals surface area contributed by atoms with Gasteiger partial charge in [-0.3, -0.25) is 9.78 Å². The van der Waals surface area contributed by atoms with E-state index in [1.54, 1.807) is 26.6 Å². The zero-order valence-electron chi connectivity index (χ0n) is 18.6. The Bertz CT molecular complexity index is 1090. The first-order chi connectivity index (χ1) is 15.0. The Labute approximate surface area is 182 Å². The fourth-order valence-corrected chi connectivity index (χ4v) is 4.16. The van der Waals surface area contributed by atoms with Crippen LogP contribution in [0.2, 0.25) is 0 Å². The van der Waals surface area contributed by atoms with Gasteiger partial charge in [0.1, 0.15) is 0 Å². The van der Waals surface area contributed by atoms with Crippen LogP contribution in [0.4, 0.5) is 5.82 Å². The first kappa shape index (κ1) is 21.1. The summed E-state index contributed by atoms with van der Waals surface area (Å²) in [4.78, 5) is 25.9. The Kier molecular flexibility index (Phi) is 6.08. The second-order valence-corrected chi connectivity index (χ2v) is 7.79. The zero-order valence-corrected chi connectivity index (χ0v) is 18.6. The number of anilines is 1. The van der Waals surface area contributed by atoms with Gasteiger partial charge < -0.3 is 23.8 Å². The van der Waals surface area contributed by atoms with E-state index in [2.05, 4.69) is 39.3 Å². The van der Waals surface area contributed by atoms with Crippen LogP contribution in [-0.4, -0.2) is 72.3 Å². The Balaban J connectivity index is 1.49. The molecule has 4 rings (SSSR count). The molecule has 2 aromatic heterocycles. The lowest BCUT2D eigenvalue weighted by molar-refractivity contribution is 0.0746. The lowest BCUT2D eigenvalue weighted by Crippen LogP contribution is -2.49. The maximum absolute atomic E-state index is 13.2. The Morgan fingerprint density at radius 1 is 1.10 bits per heavy atom. The predicted octanol–water partition coefficient (Wildman–Crippen LogP) is 2.67. The van der Waals surface area contributed by atoms with Gasteiger partial charge in [0.25, 0.3) is 5.91 Å². The highest BCUT2D eigenvalue weighted by molar-refractivity contribution is 5.99. The van der Waals surface area contributed by atoms with Crippen molar-refractivity contribution in [2.24, 2.45) is 0 Å². The fourth-order valence-electron chi connectivity index (χ4n) is 4.16. The highest BCUT2D eigenvalue weighted by Gasteiger charge is 2.24. The molecule has 1 amide bonds. The standard InChI is InChI=1S/C23H29N5O3/c1-16-17(2)28(11-12-30-3)20-6-5-18(13-19(16)20)23(29)27-9-7-26(8-10-27)21-14-24-15-22(25-21)31-4/h5-6,13-15H,7-12H2,1-4H3. The van der Waals surface area contributed by atoms with Crippen molar-refractivity contribution in [1.82, 2.24) is 19.4 Å². The third-order valence-corrected chi connectivity index (χ3v) is 6.10. The molecule has 1 fully saturated rings. The molecule has 0 N–H and O–H groups in total. The first-order valence-corrected chi connectivity index (χ1v) is 10.5. The van der Waals surface area contributed by atoms with Crippen molar-refractivity contribution >= 4 is 22.6 Å². The summed E-state index contributed by atoms with van der Waals surface area (Å²) in [6.45, 7) is 8.39. The number of ether oxygens (including phenoxy) is 2. The van der Waals surface area contributed by atoms with Crippen LogP contribution in [0.25, 0.3) is 10.9 Å². The van der Waals surface area contributed by atoms with Crippen LogP contribution in [0.3, 0.4) is 0 Å². The van der Waals surface area contributed by atoms with E-state index in [0.717, 1.165) is 28.8 Å². The maximum atomic E-state index is 13.2. The molecule has 1 aliphatic heterocycles. The van der Waals surface area contributed by atoms with Gasteiger partial charge in [-0.15, -0.1) is 0 Å². The lowest BCUT2D eigenvalue weighted by Gasteiger charge is -2.35. The van der Waals surface area contributed by atoms with E-state index in [-0.39, 0.29) is 5.91 Å². The maximum Gasteiger partial charge on any atom is 0.253 e. The van der Waals surface area contributed by atoms with Gasteiger partial charge in [-0.25, -0.2) is 0 Å².